The number of piperidine rings is 1. The molecule has 3 nitrogen and oxygen atoms in total. The molecule has 1 aromatic carbocycles. The first-order chi connectivity index (χ1) is 11.2. The molecule has 0 aliphatic carbocycles. The van der Waals surface area contributed by atoms with Crippen LogP contribution in [0, 0.1) is 11.7 Å². The highest BCUT2D eigenvalue weighted by Crippen LogP contribution is 2.22. The average molecular weight is 321 g/mol. The summed E-state index contributed by atoms with van der Waals surface area (Å²) in [5, 5.41) is 0. The Kier molecular flexibility index (Phi) is 6.03. The molecule has 0 spiro atoms. The minimum absolute atomic E-state index is 0.161. The van der Waals surface area contributed by atoms with Crippen molar-refractivity contribution >= 4 is 0 Å². The quantitative estimate of drug-likeness (QED) is 0.801. The van der Waals surface area contributed by atoms with Gasteiger partial charge in [-0.1, -0.05) is 19.1 Å². The van der Waals surface area contributed by atoms with Gasteiger partial charge in [0.15, 0.2) is 0 Å². The number of halogens is 1. The van der Waals surface area contributed by atoms with Crippen LogP contribution in [0.1, 0.15) is 37.7 Å². The van der Waals surface area contributed by atoms with E-state index >= 15 is 0 Å². The molecule has 0 aromatic heterocycles. The van der Waals surface area contributed by atoms with E-state index in [9.17, 15) is 4.39 Å². The van der Waals surface area contributed by atoms with E-state index < -0.39 is 0 Å². The Labute approximate surface area is 138 Å². The first-order valence-corrected chi connectivity index (χ1v) is 8.88. The van der Waals surface area contributed by atoms with Crippen molar-refractivity contribution in [1.82, 2.24) is 4.90 Å². The second-order valence-corrected chi connectivity index (χ2v) is 7.02. The van der Waals surface area contributed by atoms with Crippen molar-refractivity contribution < 1.29 is 13.9 Å². The van der Waals surface area contributed by atoms with Crippen molar-refractivity contribution in [3.8, 4) is 0 Å². The number of nitrogens with zero attached hydrogens (tertiary/aromatic N) is 1. The van der Waals surface area contributed by atoms with Crippen LogP contribution in [0.4, 0.5) is 4.39 Å². The van der Waals surface area contributed by atoms with Crippen molar-refractivity contribution in [2.24, 2.45) is 5.92 Å². The first kappa shape index (κ1) is 16.9. The van der Waals surface area contributed by atoms with Gasteiger partial charge >= 0.3 is 0 Å². The molecule has 2 fully saturated rings. The van der Waals surface area contributed by atoms with Gasteiger partial charge < -0.3 is 14.4 Å². The van der Waals surface area contributed by atoms with Crippen LogP contribution in [0.2, 0.25) is 0 Å². The molecule has 0 bridgehead atoms. The standard InChI is InChI=1S/C19H28FNO2/c1-15(17-2-4-18(20)5-3-17)12-21-9-6-19(7-10-21)23-14-16-8-11-22-13-16/h2-5,15-16,19H,6-14H2,1H3/t15-,16-/m0/s1. The molecule has 2 heterocycles. The highest BCUT2D eigenvalue weighted by molar-refractivity contribution is 5.20. The van der Waals surface area contributed by atoms with Crippen molar-refractivity contribution in [2.75, 3.05) is 39.5 Å². The van der Waals surface area contributed by atoms with Gasteiger partial charge in [-0.05, 0) is 42.9 Å². The molecular weight excluding hydrogens is 293 g/mol. The molecular formula is C19H28FNO2. The van der Waals surface area contributed by atoms with Gasteiger partial charge in [0.1, 0.15) is 5.82 Å². The largest absolute Gasteiger partial charge is 0.381 e. The van der Waals surface area contributed by atoms with E-state index in [0.29, 0.717) is 17.9 Å². The highest BCUT2D eigenvalue weighted by Gasteiger charge is 2.23. The van der Waals surface area contributed by atoms with Gasteiger partial charge in [0, 0.05) is 32.2 Å². The highest BCUT2D eigenvalue weighted by atomic mass is 19.1. The Morgan fingerprint density at radius 3 is 2.61 bits per heavy atom. The van der Waals surface area contributed by atoms with Crippen molar-refractivity contribution in [3.05, 3.63) is 35.6 Å². The van der Waals surface area contributed by atoms with Crippen LogP contribution in [0.15, 0.2) is 24.3 Å². The molecule has 3 rings (SSSR count). The number of likely N-dealkylation sites (tertiary alicyclic amines) is 1. The van der Waals surface area contributed by atoms with E-state index in [2.05, 4.69) is 11.8 Å². The molecule has 2 saturated heterocycles. The first-order valence-electron chi connectivity index (χ1n) is 8.88. The Morgan fingerprint density at radius 2 is 1.96 bits per heavy atom. The summed E-state index contributed by atoms with van der Waals surface area (Å²) >= 11 is 0. The van der Waals surface area contributed by atoms with Gasteiger partial charge in [0.05, 0.1) is 19.3 Å². The summed E-state index contributed by atoms with van der Waals surface area (Å²) in [7, 11) is 0. The molecule has 0 N–H and O–H groups in total. The second kappa shape index (κ2) is 8.22. The Balaban J connectivity index is 1.37. The summed E-state index contributed by atoms with van der Waals surface area (Å²) in [5.74, 6) is 0.877. The van der Waals surface area contributed by atoms with Crippen LogP contribution in [0.25, 0.3) is 0 Å². The fourth-order valence-electron chi connectivity index (χ4n) is 3.53. The van der Waals surface area contributed by atoms with Crippen LogP contribution in [0.5, 0.6) is 0 Å². The van der Waals surface area contributed by atoms with Crippen LogP contribution < -0.4 is 0 Å². The molecule has 2 aliphatic rings. The number of rotatable bonds is 6. The second-order valence-electron chi connectivity index (χ2n) is 7.02. The zero-order valence-electron chi connectivity index (χ0n) is 14.0. The van der Waals surface area contributed by atoms with Gasteiger partial charge in [0.2, 0.25) is 0 Å². The van der Waals surface area contributed by atoms with Crippen molar-refractivity contribution in [2.45, 2.75) is 38.2 Å². The number of hydrogen-bond acceptors (Lipinski definition) is 3. The summed E-state index contributed by atoms with van der Waals surface area (Å²) in [6.45, 7) is 8.07. The van der Waals surface area contributed by atoms with E-state index in [-0.39, 0.29) is 5.82 Å². The third-order valence-electron chi connectivity index (χ3n) is 5.10. The van der Waals surface area contributed by atoms with Crippen LogP contribution in [-0.4, -0.2) is 50.5 Å². The SMILES string of the molecule is C[C@@H](CN1CCC(OC[C@H]2CCOC2)CC1)c1ccc(F)cc1. The zero-order valence-corrected chi connectivity index (χ0v) is 14.0. The van der Waals surface area contributed by atoms with E-state index in [1.54, 1.807) is 12.1 Å². The third kappa shape index (κ3) is 5.00. The molecule has 128 valence electrons. The van der Waals surface area contributed by atoms with Crippen molar-refractivity contribution in [1.29, 1.82) is 0 Å². The predicted octanol–water partition coefficient (Wildman–Crippen LogP) is 3.45. The molecule has 4 heteroatoms. The molecule has 0 radical (unpaired) electrons. The van der Waals surface area contributed by atoms with Gasteiger partial charge in [-0.25, -0.2) is 4.39 Å². The van der Waals surface area contributed by atoms with Crippen LogP contribution >= 0.6 is 0 Å². The topological polar surface area (TPSA) is 21.7 Å². The van der Waals surface area contributed by atoms with Crippen LogP contribution in [-0.2, 0) is 9.47 Å². The third-order valence-corrected chi connectivity index (χ3v) is 5.10. The number of ether oxygens (including phenoxy) is 2. The molecule has 0 saturated carbocycles. The van der Waals surface area contributed by atoms with Gasteiger partial charge in [0.25, 0.3) is 0 Å². The lowest BCUT2D eigenvalue weighted by Gasteiger charge is -2.34. The molecule has 1 aromatic rings. The average Bonchev–Trinajstić information content (AvgIpc) is 3.08. The summed E-state index contributed by atoms with van der Waals surface area (Å²) in [4.78, 5) is 2.51. The molecule has 0 unspecified atom stereocenters. The minimum atomic E-state index is -0.161. The summed E-state index contributed by atoms with van der Waals surface area (Å²) in [6, 6.07) is 6.91. The van der Waals surface area contributed by atoms with Gasteiger partial charge in [-0.3, -0.25) is 0 Å². The van der Waals surface area contributed by atoms with E-state index in [1.807, 2.05) is 12.1 Å². The zero-order chi connectivity index (χ0) is 16.1. The maximum atomic E-state index is 13.0. The maximum absolute atomic E-state index is 13.0. The van der Waals surface area contributed by atoms with Crippen LogP contribution in [0.3, 0.4) is 0 Å². The summed E-state index contributed by atoms with van der Waals surface area (Å²) in [5.41, 5.74) is 1.21. The fraction of sp³-hybridized carbons (Fsp3) is 0.684. The summed E-state index contributed by atoms with van der Waals surface area (Å²) in [6.07, 6.45) is 3.79. The normalized spacial score (nSPS) is 24.9. The van der Waals surface area contributed by atoms with Gasteiger partial charge in [-0.2, -0.15) is 0 Å². The Morgan fingerprint density at radius 1 is 1.22 bits per heavy atom. The lowest BCUT2D eigenvalue weighted by atomic mass is 9.99. The smallest absolute Gasteiger partial charge is 0.123 e. The maximum Gasteiger partial charge on any atom is 0.123 e. The molecule has 2 aliphatic heterocycles. The summed E-state index contributed by atoms with van der Waals surface area (Å²) < 4.78 is 24.5. The number of hydrogen-bond donors (Lipinski definition) is 0. The predicted molar refractivity (Wildman–Crippen MR) is 89.2 cm³/mol. The monoisotopic (exact) mass is 321 g/mol. The lowest BCUT2D eigenvalue weighted by Crippen LogP contribution is -2.39. The lowest BCUT2D eigenvalue weighted by molar-refractivity contribution is -0.0110. The van der Waals surface area contributed by atoms with Crippen molar-refractivity contribution in [3.63, 3.8) is 0 Å². The fourth-order valence-corrected chi connectivity index (χ4v) is 3.53. The molecule has 0 amide bonds. The van der Waals surface area contributed by atoms with E-state index in [1.165, 1.54) is 5.56 Å². The molecule has 23 heavy (non-hydrogen) atoms. The Bertz CT molecular complexity index is 465. The minimum Gasteiger partial charge on any atom is -0.381 e. The van der Waals surface area contributed by atoms with E-state index in [4.69, 9.17) is 9.47 Å². The van der Waals surface area contributed by atoms with Gasteiger partial charge in [-0.15, -0.1) is 0 Å². The van der Waals surface area contributed by atoms with E-state index in [0.717, 1.165) is 58.7 Å². The number of benzene rings is 1. The Hall–Kier alpha value is -0.970. The molecule has 2 atom stereocenters.